The van der Waals surface area contributed by atoms with Crippen LogP contribution in [0.15, 0.2) is 24.3 Å². The molecule has 1 aliphatic heterocycles. The molecule has 4 heteroatoms. The van der Waals surface area contributed by atoms with Gasteiger partial charge in [-0.3, -0.25) is 0 Å². The van der Waals surface area contributed by atoms with Crippen LogP contribution in [0.4, 0.5) is 0 Å². The first-order valence-corrected chi connectivity index (χ1v) is 5.05. The average Bonchev–Trinajstić information content (AvgIpc) is 2.54. The molecule has 0 aliphatic carbocycles. The number of hydrogen-bond donors (Lipinski definition) is 1. The molecule has 84 valence electrons. The Labute approximate surface area is 93.9 Å². The Morgan fingerprint density at radius 3 is 2.31 bits per heavy atom. The molecule has 4 nitrogen and oxygen atoms in total. The van der Waals surface area contributed by atoms with Crippen LogP contribution in [0.5, 0.6) is 5.75 Å². The number of carbonyl (C=O) groups excluding carboxylic acids is 1. The fraction of sp³-hybridized carbons (Fsp3) is 0.333. The molecule has 0 saturated carbocycles. The maximum Gasteiger partial charge on any atom is 0.431 e. The van der Waals surface area contributed by atoms with Crippen LogP contribution in [-0.2, 0) is 9.53 Å². The maximum atomic E-state index is 11.5. The van der Waals surface area contributed by atoms with E-state index in [1.54, 1.807) is 21.0 Å². The van der Waals surface area contributed by atoms with Crippen molar-refractivity contribution in [1.29, 1.82) is 0 Å². The van der Waals surface area contributed by atoms with Crippen molar-refractivity contribution in [1.82, 2.24) is 0 Å². The predicted octanol–water partition coefficient (Wildman–Crippen LogP) is -0.142. The minimum atomic E-state index is -0.796. The van der Waals surface area contributed by atoms with Gasteiger partial charge in [-0.2, -0.15) is 0 Å². The van der Waals surface area contributed by atoms with Gasteiger partial charge in [0.1, 0.15) is 5.75 Å². The van der Waals surface area contributed by atoms with E-state index < -0.39 is 5.60 Å². The normalized spacial score (nSPS) is 17.9. The van der Waals surface area contributed by atoms with Crippen molar-refractivity contribution in [3.05, 3.63) is 29.8 Å². The third-order valence-corrected chi connectivity index (χ3v) is 2.48. The van der Waals surface area contributed by atoms with Gasteiger partial charge in [0.05, 0.1) is 12.7 Å². The van der Waals surface area contributed by atoms with E-state index in [0.717, 1.165) is 11.3 Å². The number of carbonyl (C=O) groups is 1. The molecule has 1 amide bonds. The number of rotatable bonds is 2. The molecule has 2 rings (SSSR count). The number of hydrogen-bond acceptors (Lipinski definition) is 3. The summed E-state index contributed by atoms with van der Waals surface area (Å²) in [5.41, 5.74) is 0.0367. The minimum Gasteiger partial charge on any atom is -0.497 e. The second-order valence-electron chi connectivity index (χ2n) is 4.12. The molecule has 0 saturated heterocycles. The predicted molar refractivity (Wildman–Crippen MR) is 58.2 cm³/mol. The third kappa shape index (κ3) is 1.78. The molecule has 0 atom stereocenters. The molecule has 1 aliphatic rings. The van der Waals surface area contributed by atoms with Gasteiger partial charge >= 0.3 is 11.8 Å². The summed E-state index contributed by atoms with van der Waals surface area (Å²) in [5, 5.41) is 0. The van der Waals surface area contributed by atoms with Gasteiger partial charge in [-0.05, 0) is 38.1 Å². The van der Waals surface area contributed by atoms with Crippen LogP contribution in [0, 0.1) is 0 Å². The summed E-state index contributed by atoms with van der Waals surface area (Å²) in [4.78, 5) is 14.2. The summed E-state index contributed by atoms with van der Waals surface area (Å²) >= 11 is 0. The van der Waals surface area contributed by atoms with Crippen LogP contribution in [0.3, 0.4) is 0 Å². The van der Waals surface area contributed by atoms with Crippen LogP contribution >= 0.6 is 0 Å². The summed E-state index contributed by atoms with van der Waals surface area (Å²) in [6.45, 7) is 3.47. The number of ether oxygens (including phenoxy) is 2. The van der Waals surface area contributed by atoms with E-state index >= 15 is 0 Å². The van der Waals surface area contributed by atoms with Gasteiger partial charge in [0.25, 0.3) is 0 Å². The fourth-order valence-corrected chi connectivity index (χ4v) is 1.45. The lowest BCUT2D eigenvalue weighted by Crippen LogP contribution is -2.76. The molecule has 1 N–H and O–H groups in total. The summed E-state index contributed by atoms with van der Waals surface area (Å²) in [7, 11) is 1.61. The Morgan fingerprint density at radius 2 is 1.88 bits per heavy atom. The number of nitrogens with one attached hydrogen (secondary N) is 1. The highest BCUT2D eigenvalue weighted by molar-refractivity contribution is 5.98. The van der Waals surface area contributed by atoms with Gasteiger partial charge in [-0.1, -0.05) is 0 Å². The van der Waals surface area contributed by atoms with Crippen molar-refractivity contribution in [3.8, 4) is 5.75 Å². The topological polar surface area (TPSA) is 49.5 Å². The number of benzene rings is 1. The van der Waals surface area contributed by atoms with E-state index in [1.807, 2.05) is 24.3 Å². The molecular weight excluding hydrogens is 206 g/mol. The fourth-order valence-electron chi connectivity index (χ4n) is 1.45. The summed E-state index contributed by atoms with van der Waals surface area (Å²) in [5.74, 6) is 1.14. The molecule has 16 heavy (non-hydrogen) atoms. The molecule has 0 spiro atoms. The van der Waals surface area contributed by atoms with Crippen molar-refractivity contribution in [3.63, 3.8) is 0 Å². The molecule has 1 heterocycles. The molecule has 0 bridgehead atoms. The molecular formula is C12H14NO3+. The lowest BCUT2D eigenvalue weighted by atomic mass is 10.1. The zero-order chi connectivity index (χ0) is 11.8. The molecule has 0 aromatic heterocycles. The highest BCUT2D eigenvalue weighted by atomic mass is 16.5. The van der Waals surface area contributed by atoms with Gasteiger partial charge in [-0.15, -0.1) is 4.99 Å². The largest absolute Gasteiger partial charge is 0.497 e. The zero-order valence-corrected chi connectivity index (χ0v) is 9.53. The van der Waals surface area contributed by atoms with Crippen LogP contribution < -0.4 is 9.73 Å². The molecule has 0 radical (unpaired) electrons. The third-order valence-electron chi connectivity index (χ3n) is 2.48. The van der Waals surface area contributed by atoms with Crippen molar-refractivity contribution in [2.45, 2.75) is 19.4 Å². The Hall–Kier alpha value is -1.84. The van der Waals surface area contributed by atoms with Gasteiger partial charge in [0, 0.05) is 0 Å². The first kappa shape index (κ1) is 10.7. The Morgan fingerprint density at radius 1 is 1.25 bits per heavy atom. The van der Waals surface area contributed by atoms with Crippen molar-refractivity contribution in [2.24, 2.45) is 0 Å². The van der Waals surface area contributed by atoms with Crippen molar-refractivity contribution in [2.75, 3.05) is 7.11 Å². The highest BCUT2D eigenvalue weighted by Crippen LogP contribution is 2.16. The second-order valence-corrected chi connectivity index (χ2v) is 4.12. The standard InChI is InChI=1S/C12H13NO3/c1-12(2)11(14)13-10(16-12)8-4-6-9(15-3)7-5-8/h4-7H,1-3H3/p+1. The first-order chi connectivity index (χ1) is 7.53. The van der Waals surface area contributed by atoms with Crippen molar-refractivity contribution < 1.29 is 19.3 Å². The molecule has 1 aromatic carbocycles. The smallest absolute Gasteiger partial charge is 0.431 e. The van der Waals surface area contributed by atoms with Gasteiger partial charge in [0.2, 0.25) is 5.60 Å². The van der Waals surface area contributed by atoms with E-state index in [9.17, 15) is 4.79 Å². The highest BCUT2D eigenvalue weighted by Gasteiger charge is 2.44. The second kappa shape index (κ2) is 3.63. The van der Waals surface area contributed by atoms with E-state index in [1.165, 1.54) is 0 Å². The minimum absolute atomic E-state index is 0.127. The van der Waals surface area contributed by atoms with E-state index in [2.05, 4.69) is 4.99 Å². The van der Waals surface area contributed by atoms with Gasteiger partial charge in [0.15, 0.2) is 0 Å². The quantitative estimate of drug-likeness (QED) is 0.754. The van der Waals surface area contributed by atoms with Gasteiger partial charge in [-0.25, -0.2) is 4.79 Å². The number of methoxy groups -OCH3 is 1. The molecule has 1 aromatic rings. The molecule has 0 unspecified atom stereocenters. The van der Waals surface area contributed by atoms with Crippen LogP contribution in [-0.4, -0.2) is 24.5 Å². The van der Waals surface area contributed by atoms with Crippen LogP contribution in [0.1, 0.15) is 19.4 Å². The van der Waals surface area contributed by atoms with Gasteiger partial charge < -0.3 is 9.47 Å². The van der Waals surface area contributed by atoms with Crippen LogP contribution in [0.2, 0.25) is 0 Å². The monoisotopic (exact) mass is 220 g/mol. The van der Waals surface area contributed by atoms with Crippen LogP contribution in [0.25, 0.3) is 0 Å². The Balaban J connectivity index is 2.26. The molecule has 0 fully saturated rings. The zero-order valence-electron chi connectivity index (χ0n) is 9.53. The maximum absolute atomic E-state index is 11.5. The van der Waals surface area contributed by atoms with E-state index in [4.69, 9.17) is 9.47 Å². The summed E-state index contributed by atoms with van der Waals surface area (Å²) in [6.07, 6.45) is 0. The van der Waals surface area contributed by atoms with E-state index in [-0.39, 0.29) is 5.91 Å². The first-order valence-electron chi connectivity index (χ1n) is 5.05. The Kier molecular flexibility index (Phi) is 2.42. The number of amides is 1. The summed E-state index contributed by atoms with van der Waals surface area (Å²) < 4.78 is 10.6. The SMILES string of the molecule is COc1ccc(C2=[NH+]C(=O)C(C)(C)O2)cc1. The van der Waals surface area contributed by atoms with Crippen molar-refractivity contribution >= 4 is 11.8 Å². The Bertz CT molecular complexity index is 446. The average molecular weight is 220 g/mol. The summed E-state index contributed by atoms with van der Waals surface area (Å²) in [6, 6.07) is 7.33. The van der Waals surface area contributed by atoms with E-state index in [0.29, 0.717) is 5.90 Å². The lowest BCUT2D eigenvalue weighted by molar-refractivity contribution is -0.373. The lowest BCUT2D eigenvalue weighted by Gasteiger charge is -2.10.